The van der Waals surface area contributed by atoms with Gasteiger partial charge in [0.1, 0.15) is 0 Å². The zero-order chi connectivity index (χ0) is 14.5. The first-order chi connectivity index (χ1) is 8.86. The summed E-state index contributed by atoms with van der Waals surface area (Å²) in [5.74, 6) is 0.760. The van der Waals surface area contributed by atoms with Gasteiger partial charge in [0.05, 0.1) is 11.0 Å². The number of sulfone groups is 1. The number of urea groups is 1. The molecular formula is C12H23ClN2O3S. The first kappa shape index (κ1) is 16.6. The zero-order valence-electron chi connectivity index (χ0n) is 11.6. The molecule has 0 radical (unpaired) electrons. The number of carbonyl (C=O) groups is 1. The van der Waals surface area contributed by atoms with Crippen molar-refractivity contribution in [3.05, 3.63) is 0 Å². The third-order valence-electron chi connectivity index (χ3n) is 3.17. The van der Waals surface area contributed by atoms with Crippen LogP contribution in [0.5, 0.6) is 0 Å². The van der Waals surface area contributed by atoms with Gasteiger partial charge in [-0.1, -0.05) is 13.8 Å². The average Bonchev–Trinajstić information content (AvgIpc) is 2.34. The molecular weight excluding hydrogens is 288 g/mol. The third kappa shape index (κ3) is 5.18. The van der Waals surface area contributed by atoms with Gasteiger partial charge in [0, 0.05) is 25.5 Å². The standard InChI is InChI=1S/C12H23ClN2O3S/c1-10(2)9-19(17,18)11-3-7-15(8-4-11)12(16)14-6-5-13/h10-11H,3-9H2,1-2H3,(H,14,16). The topological polar surface area (TPSA) is 66.5 Å². The number of alkyl halides is 1. The predicted octanol–water partition coefficient (Wildman–Crippen LogP) is 1.47. The Morgan fingerprint density at radius 1 is 1.37 bits per heavy atom. The predicted molar refractivity (Wildman–Crippen MR) is 77.3 cm³/mol. The normalized spacial score (nSPS) is 17.8. The maximum absolute atomic E-state index is 12.1. The van der Waals surface area contributed by atoms with Crippen molar-refractivity contribution >= 4 is 27.5 Å². The van der Waals surface area contributed by atoms with Crippen molar-refractivity contribution < 1.29 is 13.2 Å². The van der Waals surface area contributed by atoms with E-state index >= 15 is 0 Å². The molecule has 1 N–H and O–H groups in total. The van der Waals surface area contributed by atoms with Crippen molar-refractivity contribution in [3.63, 3.8) is 0 Å². The molecule has 1 fully saturated rings. The van der Waals surface area contributed by atoms with E-state index in [0.29, 0.717) is 38.4 Å². The molecule has 0 aliphatic carbocycles. The first-order valence-corrected chi connectivity index (χ1v) is 8.92. The third-order valence-corrected chi connectivity index (χ3v) is 5.98. The first-order valence-electron chi connectivity index (χ1n) is 6.67. The quantitative estimate of drug-likeness (QED) is 0.782. The highest BCUT2D eigenvalue weighted by Gasteiger charge is 2.31. The van der Waals surface area contributed by atoms with Crippen molar-refractivity contribution in [1.29, 1.82) is 0 Å². The summed E-state index contributed by atoms with van der Waals surface area (Å²) in [6, 6.07) is -0.152. The van der Waals surface area contributed by atoms with E-state index in [2.05, 4.69) is 5.32 Å². The largest absolute Gasteiger partial charge is 0.337 e. The number of hydrogen-bond acceptors (Lipinski definition) is 3. The van der Waals surface area contributed by atoms with Gasteiger partial charge in [-0.2, -0.15) is 0 Å². The van der Waals surface area contributed by atoms with Crippen LogP contribution in [-0.4, -0.2) is 55.9 Å². The molecule has 1 heterocycles. The Morgan fingerprint density at radius 3 is 2.42 bits per heavy atom. The summed E-state index contributed by atoms with van der Waals surface area (Å²) in [4.78, 5) is 13.4. The lowest BCUT2D eigenvalue weighted by Crippen LogP contribution is -2.47. The molecule has 7 heteroatoms. The lowest BCUT2D eigenvalue weighted by Gasteiger charge is -2.32. The minimum Gasteiger partial charge on any atom is -0.337 e. The highest BCUT2D eigenvalue weighted by Crippen LogP contribution is 2.20. The number of rotatable bonds is 5. The van der Waals surface area contributed by atoms with Crippen molar-refractivity contribution in [2.75, 3.05) is 31.3 Å². The number of likely N-dealkylation sites (tertiary alicyclic amines) is 1. The van der Waals surface area contributed by atoms with Gasteiger partial charge >= 0.3 is 6.03 Å². The molecule has 1 saturated heterocycles. The summed E-state index contributed by atoms with van der Waals surface area (Å²) in [5.41, 5.74) is 0. The lowest BCUT2D eigenvalue weighted by molar-refractivity contribution is 0.187. The van der Waals surface area contributed by atoms with Crippen LogP contribution in [-0.2, 0) is 9.84 Å². The molecule has 0 aromatic rings. The molecule has 0 atom stereocenters. The summed E-state index contributed by atoms with van der Waals surface area (Å²) < 4.78 is 24.2. The number of piperidine rings is 1. The second kappa shape index (κ2) is 7.33. The molecule has 0 aromatic heterocycles. The van der Waals surface area contributed by atoms with Crippen LogP contribution in [0.1, 0.15) is 26.7 Å². The second-order valence-corrected chi connectivity index (χ2v) is 8.03. The molecule has 19 heavy (non-hydrogen) atoms. The fourth-order valence-corrected chi connectivity index (χ4v) is 4.51. The van der Waals surface area contributed by atoms with Crippen LogP contribution >= 0.6 is 11.6 Å². The molecule has 0 aromatic carbocycles. The van der Waals surface area contributed by atoms with E-state index in [0.717, 1.165) is 0 Å². The molecule has 112 valence electrons. The number of carbonyl (C=O) groups excluding carboxylic acids is 1. The van der Waals surface area contributed by atoms with E-state index in [1.54, 1.807) is 4.90 Å². The van der Waals surface area contributed by atoms with E-state index in [-0.39, 0.29) is 23.0 Å². The Balaban J connectivity index is 2.46. The minimum absolute atomic E-state index is 0.148. The Bertz CT molecular complexity index is 390. The SMILES string of the molecule is CC(C)CS(=O)(=O)C1CCN(C(=O)NCCCl)CC1. The maximum atomic E-state index is 12.1. The van der Waals surface area contributed by atoms with Crippen LogP contribution in [0.25, 0.3) is 0 Å². The molecule has 5 nitrogen and oxygen atoms in total. The highest BCUT2D eigenvalue weighted by molar-refractivity contribution is 7.92. The van der Waals surface area contributed by atoms with Crippen LogP contribution < -0.4 is 5.32 Å². The van der Waals surface area contributed by atoms with Crippen LogP contribution in [0.2, 0.25) is 0 Å². The van der Waals surface area contributed by atoms with Gasteiger partial charge in [-0.15, -0.1) is 11.6 Å². The van der Waals surface area contributed by atoms with Crippen LogP contribution in [0.15, 0.2) is 0 Å². The smallest absolute Gasteiger partial charge is 0.317 e. The van der Waals surface area contributed by atoms with Gasteiger partial charge in [0.15, 0.2) is 9.84 Å². The van der Waals surface area contributed by atoms with Crippen molar-refractivity contribution in [3.8, 4) is 0 Å². The summed E-state index contributed by atoms with van der Waals surface area (Å²) >= 11 is 5.50. The average molecular weight is 311 g/mol. The second-order valence-electron chi connectivity index (χ2n) is 5.33. The summed E-state index contributed by atoms with van der Waals surface area (Å²) in [7, 11) is -3.03. The van der Waals surface area contributed by atoms with Gasteiger partial charge in [-0.3, -0.25) is 0 Å². The summed E-state index contributed by atoms with van der Waals surface area (Å²) in [5, 5.41) is 2.39. The van der Waals surface area contributed by atoms with Crippen molar-refractivity contribution in [2.24, 2.45) is 5.92 Å². The van der Waals surface area contributed by atoms with E-state index in [1.165, 1.54) is 0 Å². The van der Waals surface area contributed by atoms with Gasteiger partial charge < -0.3 is 10.2 Å². The van der Waals surface area contributed by atoms with Crippen LogP contribution in [0.4, 0.5) is 4.79 Å². The fraction of sp³-hybridized carbons (Fsp3) is 0.917. The number of halogens is 1. The van der Waals surface area contributed by atoms with E-state index < -0.39 is 9.84 Å². The molecule has 1 rings (SSSR count). The lowest BCUT2D eigenvalue weighted by atomic mass is 10.1. The Labute approximate surface area is 120 Å². The highest BCUT2D eigenvalue weighted by atomic mass is 35.5. The maximum Gasteiger partial charge on any atom is 0.317 e. The summed E-state index contributed by atoms with van der Waals surface area (Å²) in [6.45, 7) is 5.25. The summed E-state index contributed by atoms with van der Waals surface area (Å²) in [6.07, 6.45) is 1.06. The van der Waals surface area contributed by atoms with E-state index in [1.807, 2.05) is 13.8 Å². The molecule has 0 spiro atoms. The molecule has 1 aliphatic heterocycles. The Kier molecular flexibility index (Phi) is 6.39. The molecule has 1 aliphatic rings. The zero-order valence-corrected chi connectivity index (χ0v) is 13.1. The molecule has 0 saturated carbocycles. The van der Waals surface area contributed by atoms with Gasteiger partial charge in [-0.05, 0) is 18.8 Å². The van der Waals surface area contributed by atoms with Crippen molar-refractivity contribution in [1.82, 2.24) is 10.2 Å². The Morgan fingerprint density at radius 2 is 1.95 bits per heavy atom. The van der Waals surface area contributed by atoms with Crippen LogP contribution in [0.3, 0.4) is 0 Å². The van der Waals surface area contributed by atoms with Crippen molar-refractivity contribution in [2.45, 2.75) is 31.9 Å². The van der Waals surface area contributed by atoms with Gasteiger partial charge in [0.25, 0.3) is 0 Å². The fourth-order valence-electron chi connectivity index (χ4n) is 2.28. The number of nitrogens with zero attached hydrogens (tertiary/aromatic N) is 1. The molecule has 0 unspecified atom stereocenters. The van der Waals surface area contributed by atoms with Gasteiger partial charge in [-0.25, -0.2) is 13.2 Å². The molecule has 2 amide bonds. The Hall–Kier alpha value is -0.490. The monoisotopic (exact) mass is 310 g/mol. The number of amides is 2. The molecule has 0 bridgehead atoms. The minimum atomic E-state index is -3.03. The van der Waals surface area contributed by atoms with E-state index in [4.69, 9.17) is 11.6 Å². The van der Waals surface area contributed by atoms with Gasteiger partial charge in [0.2, 0.25) is 0 Å². The van der Waals surface area contributed by atoms with E-state index in [9.17, 15) is 13.2 Å². The number of nitrogens with one attached hydrogen (secondary N) is 1. The number of hydrogen-bond donors (Lipinski definition) is 1. The van der Waals surface area contributed by atoms with Crippen LogP contribution in [0, 0.1) is 5.92 Å².